The highest BCUT2D eigenvalue weighted by atomic mass is 35.5. The van der Waals surface area contributed by atoms with Crippen LogP contribution in [0.1, 0.15) is 20.4 Å². The molecule has 2 heterocycles. The SMILES string of the molecule is CN1CCc2nc(C(=O)NC(CNC(=O)C(=O)Nc3ccc(Cl)cc3F)C(=O)N(C)C)sc2C1. The zero-order valence-corrected chi connectivity index (χ0v) is 20.3. The van der Waals surface area contributed by atoms with E-state index in [2.05, 4.69) is 25.8 Å². The van der Waals surface area contributed by atoms with Crippen molar-refractivity contribution in [2.45, 2.75) is 19.0 Å². The second-order valence-corrected chi connectivity index (χ2v) is 9.44. The van der Waals surface area contributed by atoms with Crippen LogP contribution in [0.3, 0.4) is 0 Å². The molecule has 1 unspecified atom stereocenters. The Bertz CT molecular complexity index is 1120. The van der Waals surface area contributed by atoms with Crippen LogP contribution in [0.5, 0.6) is 0 Å². The minimum absolute atomic E-state index is 0.133. The van der Waals surface area contributed by atoms with Crippen LogP contribution in [0.4, 0.5) is 10.1 Å². The monoisotopic (exact) mass is 510 g/mol. The third-order valence-corrected chi connectivity index (χ3v) is 6.33. The van der Waals surface area contributed by atoms with Gasteiger partial charge in [-0.15, -0.1) is 11.3 Å². The number of likely N-dealkylation sites (N-methyl/N-ethyl adjacent to an activating group) is 2. The van der Waals surface area contributed by atoms with Gasteiger partial charge in [0.1, 0.15) is 11.9 Å². The molecule has 1 aliphatic heterocycles. The number of carbonyl (C=O) groups is 4. The minimum Gasteiger partial charge on any atom is -0.347 e. The number of hydrogen-bond acceptors (Lipinski definition) is 7. The zero-order valence-electron chi connectivity index (χ0n) is 18.8. The predicted molar refractivity (Wildman–Crippen MR) is 125 cm³/mol. The highest BCUT2D eigenvalue weighted by molar-refractivity contribution is 7.13. The number of thiazole rings is 1. The molecule has 0 aliphatic carbocycles. The molecule has 0 fully saturated rings. The molecule has 0 bridgehead atoms. The molecular weight excluding hydrogens is 487 g/mol. The Morgan fingerprint density at radius 3 is 2.68 bits per heavy atom. The van der Waals surface area contributed by atoms with Crippen molar-refractivity contribution >= 4 is 52.3 Å². The lowest BCUT2D eigenvalue weighted by molar-refractivity contribution is -0.136. The van der Waals surface area contributed by atoms with Gasteiger partial charge in [0, 0.05) is 50.1 Å². The van der Waals surface area contributed by atoms with Crippen molar-refractivity contribution < 1.29 is 23.6 Å². The molecule has 1 aliphatic rings. The Balaban J connectivity index is 1.63. The molecule has 182 valence electrons. The minimum atomic E-state index is -1.14. The largest absolute Gasteiger partial charge is 0.347 e. The van der Waals surface area contributed by atoms with E-state index >= 15 is 0 Å². The maximum Gasteiger partial charge on any atom is 0.313 e. The van der Waals surface area contributed by atoms with Crippen LogP contribution in [-0.4, -0.2) is 78.7 Å². The zero-order chi connectivity index (χ0) is 25.0. The van der Waals surface area contributed by atoms with Crippen LogP contribution in [0.15, 0.2) is 18.2 Å². The Kier molecular flexibility index (Phi) is 8.18. The summed E-state index contributed by atoms with van der Waals surface area (Å²) in [7, 11) is 4.98. The lowest BCUT2D eigenvalue weighted by Crippen LogP contribution is -2.53. The molecule has 10 nitrogen and oxygen atoms in total. The van der Waals surface area contributed by atoms with E-state index in [-0.39, 0.29) is 22.3 Å². The molecule has 4 amide bonds. The average Bonchev–Trinajstić information content (AvgIpc) is 3.20. The summed E-state index contributed by atoms with van der Waals surface area (Å²) in [6.07, 6.45) is 0.731. The fourth-order valence-corrected chi connectivity index (χ4v) is 4.45. The van der Waals surface area contributed by atoms with Gasteiger partial charge in [-0.05, 0) is 25.2 Å². The van der Waals surface area contributed by atoms with E-state index in [0.29, 0.717) is 6.54 Å². The van der Waals surface area contributed by atoms with E-state index in [0.717, 1.165) is 29.6 Å². The Hall–Kier alpha value is -3.09. The summed E-state index contributed by atoms with van der Waals surface area (Å²) in [6.45, 7) is 1.18. The summed E-state index contributed by atoms with van der Waals surface area (Å²) >= 11 is 6.93. The average molecular weight is 511 g/mol. The number of rotatable bonds is 6. The molecule has 0 radical (unpaired) electrons. The fraction of sp³-hybridized carbons (Fsp3) is 0.381. The number of nitrogens with one attached hydrogen (secondary N) is 3. The van der Waals surface area contributed by atoms with Gasteiger partial charge in [0.05, 0.1) is 11.4 Å². The summed E-state index contributed by atoms with van der Waals surface area (Å²) in [5.41, 5.74) is 0.639. The maximum absolute atomic E-state index is 13.9. The van der Waals surface area contributed by atoms with Crippen LogP contribution in [0.25, 0.3) is 0 Å². The Labute approximate surface area is 204 Å². The number of amides is 4. The van der Waals surface area contributed by atoms with E-state index in [1.165, 1.54) is 42.5 Å². The molecule has 2 aromatic rings. The Morgan fingerprint density at radius 2 is 2.00 bits per heavy atom. The van der Waals surface area contributed by atoms with E-state index in [1.807, 2.05) is 7.05 Å². The van der Waals surface area contributed by atoms with Crippen LogP contribution in [0, 0.1) is 5.82 Å². The van der Waals surface area contributed by atoms with Gasteiger partial charge in [0.15, 0.2) is 5.01 Å². The van der Waals surface area contributed by atoms with Crippen molar-refractivity contribution in [1.29, 1.82) is 0 Å². The normalized spacial score (nSPS) is 14.0. The number of carbonyl (C=O) groups excluding carboxylic acids is 4. The number of anilines is 1. The predicted octanol–water partition coefficient (Wildman–Crippen LogP) is 0.865. The van der Waals surface area contributed by atoms with Crippen molar-refractivity contribution in [2.24, 2.45) is 0 Å². The highest BCUT2D eigenvalue weighted by Crippen LogP contribution is 2.24. The standard InChI is InChI=1S/C21H24ClFN6O4S/c1-28(2)21(33)15(26-19(32)20-27-14-6-7-29(3)10-16(14)34-20)9-24-17(30)18(31)25-13-5-4-11(22)8-12(13)23/h4-5,8,15H,6-7,9-10H2,1-3H3,(H,24,30)(H,25,31)(H,26,32). The van der Waals surface area contributed by atoms with Crippen LogP contribution >= 0.6 is 22.9 Å². The first-order chi connectivity index (χ1) is 16.0. The van der Waals surface area contributed by atoms with Crippen molar-refractivity contribution in [3.05, 3.63) is 44.6 Å². The smallest absolute Gasteiger partial charge is 0.313 e. The van der Waals surface area contributed by atoms with E-state index < -0.39 is 35.5 Å². The first-order valence-electron chi connectivity index (χ1n) is 10.3. The van der Waals surface area contributed by atoms with E-state index in [4.69, 9.17) is 11.6 Å². The fourth-order valence-electron chi connectivity index (χ4n) is 3.20. The topological polar surface area (TPSA) is 124 Å². The number of fused-ring (bicyclic) bond motifs is 1. The third-order valence-electron chi connectivity index (χ3n) is 5.01. The molecule has 0 saturated heterocycles. The highest BCUT2D eigenvalue weighted by Gasteiger charge is 2.28. The van der Waals surface area contributed by atoms with Gasteiger partial charge in [-0.2, -0.15) is 0 Å². The quantitative estimate of drug-likeness (QED) is 0.495. The number of aromatic nitrogens is 1. The molecule has 1 aromatic heterocycles. The number of benzene rings is 1. The van der Waals surface area contributed by atoms with E-state index in [1.54, 1.807) is 0 Å². The van der Waals surface area contributed by atoms with Gasteiger partial charge in [-0.1, -0.05) is 11.6 Å². The second kappa shape index (κ2) is 10.9. The van der Waals surface area contributed by atoms with Crippen LogP contribution in [-0.2, 0) is 27.3 Å². The maximum atomic E-state index is 13.9. The van der Waals surface area contributed by atoms with Crippen molar-refractivity contribution in [3.8, 4) is 0 Å². The molecule has 34 heavy (non-hydrogen) atoms. The summed E-state index contributed by atoms with van der Waals surface area (Å²) in [5, 5.41) is 7.36. The molecule has 13 heteroatoms. The molecule has 0 saturated carbocycles. The number of nitrogens with zero attached hydrogens (tertiary/aromatic N) is 3. The van der Waals surface area contributed by atoms with Gasteiger partial charge in [0.2, 0.25) is 5.91 Å². The van der Waals surface area contributed by atoms with E-state index in [9.17, 15) is 23.6 Å². The van der Waals surface area contributed by atoms with Crippen molar-refractivity contribution in [1.82, 2.24) is 25.4 Å². The molecular formula is C21H24ClFN6O4S. The summed E-state index contributed by atoms with van der Waals surface area (Å²) in [6, 6.07) is 2.42. The lowest BCUT2D eigenvalue weighted by Gasteiger charge is -2.21. The van der Waals surface area contributed by atoms with Gasteiger partial charge in [0.25, 0.3) is 5.91 Å². The van der Waals surface area contributed by atoms with Crippen LogP contribution < -0.4 is 16.0 Å². The molecule has 1 atom stereocenters. The molecule has 0 spiro atoms. The summed E-state index contributed by atoms with van der Waals surface area (Å²) in [5.74, 6) is -4.09. The first kappa shape index (κ1) is 25.5. The van der Waals surface area contributed by atoms with Gasteiger partial charge in [-0.3, -0.25) is 19.2 Å². The Morgan fingerprint density at radius 1 is 1.26 bits per heavy atom. The van der Waals surface area contributed by atoms with Gasteiger partial charge < -0.3 is 25.8 Å². The summed E-state index contributed by atoms with van der Waals surface area (Å²) < 4.78 is 13.9. The van der Waals surface area contributed by atoms with Crippen molar-refractivity contribution in [3.63, 3.8) is 0 Å². The third kappa shape index (κ3) is 6.27. The molecule has 3 rings (SSSR count). The molecule has 1 aromatic carbocycles. The van der Waals surface area contributed by atoms with Gasteiger partial charge >= 0.3 is 11.8 Å². The van der Waals surface area contributed by atoms with Crippen LogP contribution in [0.2, 0.25) is 5.02 Å². The first-order valence-corrected chi connectivity index (χ1v) is 11.5. The lowest BCUT2D eigenvalue weighted by atomic mass is 10.2. The molecule has 3 N–H and O–H groups in total. The number of halogens is 2. The number of hydrogen-bond donors (Lipinski definition) is 3. The second-order valence-electron chi connectivity index (χ2n) is 7.92. The summed E-state index contributed by atoms with van der Waals surface area (Å²) in [4.78, 5) is 58.4. The van der Waals surface area contributed by atoms with Gasteiger partial charge in [-0.25, -0.2) is 9.37 Å². The van der Waals surface area contributed by atoms with Crippen molar-refractivity contribution in [2.75, 3.05) is 39.5 Å².